The molecule has 0 atom stereocenters. The van der Waals surface area contributed by atoms with Crippen LogP contribution in [-0.4, -0.2) is 22.2 Å². The standard InChI is InChI=1S/C12H19N2O.C6H12.C4H10.2C3H8.3C2H6/c1-12(2,3)13-9-10-5-7-11(8-6-10)14(4)15;1-2-4-6-5-3-1;1-4(2)3;2*1-3-2;3*1-2/h5-8,13,15H,4,9H2,1-3H3;1-6H2;4H,1-3H3;2*3H2,1-2H3;3*1-2H3/q+1;;;;;;;. The highest BCUT2D eigenvalue weighted by Gasteiger charge is 2.09. The molecule has 0 aromatic heterocycles. The van der Waals surface area contributed by atoms with Crippen LogP contribution >= 0.6 is 0 Å². The van der Waals surface area contributed by atoms with Gasteiger partial charge >= 0.3 is 0 Å². The van der Waals surface area contributed by atoms with Crippen molar-refractivity contribution in [2.45, 2.75) is 174 Å². The molecule has 0 unspecified atom stereocenters. The molecule has 0 saturated heterocycles. The van der Waals surface area contributed by atoms with Gasteiger partial charge in [-0.1, -0.05) is 154 Å². The summed E-state index contributed by atoms with van der Waals surface area (Å²) in [6.07, 6.45) is 11.5. The molecule has 0 bridgehead atoms. The number of hydrogen-bond acceptors (Lipinski definition) is 2. The van der Waals surface area contributed by atoms with Crippen LogP contribution in [0, 0.1) is 5.92 Å². The molecule has 1 aliphatic carbocycles. The van der Waals surface area contributed by atoms with E-state index in [-0.39, 0.29) is 5.54 Å². The summed E-state index contributed by atoms with van der Waals surface area (Å²) >= 11 is 0. The smallest absolute Gasteiger partial charge is 0.256 e. The Bertz CT molecular complexity index is 467. The third-order valence-electron chi connectivity index (χ3n) is 3.56. The van der Waals surface area contributed by atoms with Crippen molar-refractivity contribution in [1.29, 1.82) is 0 Å². The van der Waals surface area contributed by atoms with Gasteiger partial charge in [0.25, 0.3) is 5.69 Å². The number of hydrogen-bond donors (Lipinski definition) is 2. The Balaban J connectivity index is -0.0000000906. The van der Waals surface area contributed by atoms with E-state index >= 15 is 0 Å². The summed E-state index contributed by atoms with van der Waals surface area (Å²) < 4.78 is 0.862. The first-order valence-electron chi connectivity index (χ1n) is 15.6. The van der Waals surface area contributed by atoms with Crippen molar-refractivity contribution >= 4 is 12.4 Å². The van der Waals surface area contributed by atoms with E-state index in [4.69, 9.17) is 5.21 Å². The zero-order chi connectivity index (χ0) is 30.7. The van der Waals surface area contributed by atoms with Gasteiger partial charge < -0.3 is 5.32 Å². The van der Waals surface area contributed by atoms with E-state index in [0.29, 0.717) is 5.69 Å². The minimum absolute atomic E-state index is 0.119. The van der Waals surface area contributed by atoms with Crippen LogP contribution in [0.25, 0.3) is 0 Å². The largest absolute Gasteiger partial charge is 0.308 e. The summed E-state index contributed by atoms with van der Waals surface area (Å²) in [5, 5.41) is 12.5. The van der Waals surface area contributed by atoms with Gasteiger partial charge in [0.1, 0.15) is 0 Å². The van der Waals surface area contributed by atoms with Gasteiger partial charge in [0.15, 0.2) is 6.72 Å². The van der Waals surface area contributed by atoms with Gasteiger partial charge in [-0.2, -0.15) is 0 Å². The lowest BCUT2D eigenvalue weighted by atomic mass is 10.0. The average molecular weight is 528 g/mol. The molecule has 3 nitrogen and oxygen atoms in total. The number of nitrogens with one attached hydrogen (secondary N) is 1. The summed E-state index contributed by atoms with van der Waals surface area (Å²) in [4.78, 5) is 0. The molecule has 1 fully saturated rings. The maximum Gasteiger partial charge on any atom is 0.256 e. The molecule has 1 aromatic carbocycles. The molecule has 0 aliphatic heterocycles. The molecule has 3 heteroatoms. The third kappa shape index (κ3) is 60.8. The second-order valence-corrected chi connectivity index (χ2v) is 9.94. The van der Waals surface area contributed by atoms with E-state index in [2.05, 4.69) is 81.3 Å². The van der Waals surface area contributed by atoms with Crippen molar-refractivity contribution in [3.63, 3.8) is 0 Å². The van der Waals surface area contributed by atoms with Crippen LogP contribution < -0.4 is 5.32 Å². The highest BCUT2D eigenvalue weighted by Crippen LogP contribution is 2.15. The van der Waals surface area contributed by atoms with Crippen molar-refractivity contribution in [2.75, 3.05) is 0 Å². The quantitative estimate of drug-likeness (QED) is 0.177. The molecule has 1 saturated carbocycles. The summed E-state index contributed by atoms with van der Waals surface area (Å²) in [5.74, 6) is 0.833. The van der Waals surface area contributed by atoms with E-state index in [0.717, 1.165) is 17.2 Å². The zero-order valence-electron chi connectivity index (χ0n) is 28.9. The molecule has 0 amide bonds. The Morgan fingerprint density at radius 3 is 1.16 bits per heavy atom. The normalized spacial score (nSPS) is 10.9. The molecule has 226 valence electrons. The lowest BCUT2D eigenvalue weighted by Gasteiger charge is -2.20. The second kappa shape index (κ2) is 41.8. The molecule has 37 heavy (non-hydrogen) atoms. The van der Waals surface area contributed by atoms with Gasteiger partial charge in [-0.15, -0.1) is 0 Å². The zero-order valence-corrected chi connectivity index (χ0v) is 28.9. The van der Waals surface area contributed by atoms with E-state index in [1.807, 2.05) is 65.8 Å². The molecule has 2 N–H and O–H groups in total. The monoisotopic (exact) mass is 528 g/mol. The lowest BCUT2D eigenvalue weighted by Crippen LogP contribution is -2.35. The van der Waals surface area contributed by atoms with Crippen molar-refractivity contribution in [3.05, 3.63) is 29.8 Å². The Kier molecular flexibility index (Phi) is 55.0. The molecule has 0 spiro atoms. The highest BCUT2D eigenvalue weighted by molar-refractivity contribution is 5.35. The Labute approximate surface area is 237 Å². The first-order valence-corrected chi connectivity index (χ1v) is 15.6. The summed E-state index contributed by atoms with van der Waals surface area (Å²) in [7, 11) is 0. The summed E-state index contributed by atoms with van der Waals surface area (Å²) in [6.45, 7) is 37.6. The fourth-order valence-electron chi connectivity index (χ4n) is 2.21. The Morgan fingerprint density at radius 2 is 0.973 bits per heavy atom. The summed E-state index contributed by atoms with van der Waals surface area (Å²) in [6, 6.07) is 7.63. The van der Waals surface area contributed by atoms with Crippen LogP contribution in [0.4, 0.5) is 5.69 Å². The van der Waals surface area contributed by atoms with Gasteiger partial charge in [-0.25, -0.2) is 0 Å². The van der Waals surface area contributed by atoms with Gasteiger partial charge in [0.2, 0.25) is 0 Å². The first-order chi connectivity index (χ1) is 17.4. The van der Waals surface area contributed by atoms with Crippen molar-refractivity contribution < 1.29 is 9.95 Å². The van der Waals surface area contributed by atoms with E-state index in [9.17, 15) is 0 Å². The predicted octanol–water partition coefficient (Wildman–Crippen LogP) is 12.2. The third-order valence-corrected chi connectivity index (χ3v) is 3.56. The summed E-state index contributed by atoms with van der Waals surface area (Å²) in [5.41, 5.74) is 2.00. The molecular formula is C34H75N2O+. The number of rotatable bonds is 3. The second-order valence-electron chi connectivity index (χ2n) is 9.94. The predicted molar refractivity (Wildman–Crippen MR) is 176 cm³/mol. The fraction of sp³-hybridized carbons (Fsp3) is 0.794. The van der Waals surface area contributed by atoms with Gasteiger partial charge in [-0.05, 0) is 32.3 Å². The van der Waals surface area contributed by atoms with E-state index in [1.165, 1.54) is 56.9 Å². The van der Waals surface area contributed by atoms with Crippen molar-refractivity contribution in [1.82, 2.24) is 5.32 Å². The minimum Gasteiger partial charge on any atom is -0.308 e. The van der Waals surface area contributed by atoms with Crippen LogP contribution in [-0.2, 0) is 6.54 Å². The van der Waals surface area contributed by atoms with Gasteiger partial charge in [0, 0.05) is 29.0 Å². The van der Waals surface area contributed by atoms with Crippen LogP contribution in [0.2, 0.25) is 0 Å². The van der Waals surface area contributed by atoms with Crippen molar-refractivity contribution in [3.8, 4) is 0 Å². The highest BCUT2D eigenvalue weighted by atomic mass is 16.5. The Morgan fingerprint density at radius 1 is 0.730 bits per heavy atom. The van der Waals surface area contributed by atoms with Crippen LogP contribution in [0.15, 0.2) is 24.3 Å². The minimum atomic E-state index is 0.119. The fourth-order valence-corrected chi connectivity index (χ4v) is 2.21. The molecule has 0 heterocycles. The topological polar surface area (TPSA) is 35.3 Å². The number of nitrogens with zero attached hydrogens (tertiary/aromatic N) is 1. The Hall–Kier alpha value is -1.35. The maximum atomic E-state index is 9.08. The number of benzene rings is 1. The van der Waals surface area contributed by atoms with Crippen molar-refractivity contribution in [2.24, 2.45) is 5.92 Å². The molecular weight excluding hydrogens is 452 g/mol. The van der Waals surface area contributed by atoms with E-state index in [1.54, 1.807) is 0 Å². The molecule has 1 aromatic rings. The van der Waals surface area contributed by atoms with Crippen LogP contribution in [0.3, 0.4) is 0 Å². The molecule has 2 rings (SSSR count). The van der Waals surface area contributed by atoms with Gasteiger partial charge in [0.05, 0.1) is 0 Å². The maximum absolute atomic E-state index is 9.08. The first kappa shape index (κ1) is 48.7. The average Bonchev–Trinajstić information content (AvgIpc) is 2.88. The van der Waals surface area contributed by atoms with E-state index < -0.39 is 0 Å². The SMILES string of the molecule is C1CCCCC1.C=[N+](O)c1ccc(CNC(C)(C)C)cc1.CC.CC.CC.CC(C)C.CCC.CCC. The van der Waals surface area contributed by atoms with Gasteiger partial charge in [-0.3, -0.25) is 5.21 Å². The molecule has 1 aliphatic rings. The van der Waals surface area contributed by atoms with Crippen LogP contribution in [0.5, 0.6) is 0 Å². The lowest BCUT2D eigenvalue weighted by molar-refractivity contribution is -0.706. The molecule has 0 radical (unpaired) electrons. The van der Waals surface area contributed by atoms with Crippen LogP contribution in [0.1, 0.15) is 168 Å².